The Labute approximate surface area is 142 Å². The fourth-order valence-electron chi connectivity index (χ4n) is 2.54. The summed E-state index contributed by atoms with van der Waals surface area (Å²) in [6, 6.07) is 4.91. The van der Waals surface area contributed by atoms with Crippen molar-refractivity contribution in [3.8, 4) is 11.5 Å². The molecule has 0 amide bonds. The van der Waals surface area contributed by atoms with Crippen molar-refractivity contribution in [2.75, 3.05) is 17.9 Å². The number of rotatable bonds is 3. The predicted octanol–water partition coefficient (Wildman–Crippen LogP) is 1.98. The molecule has 0 aliphatic carbocycles. The summed E-state index contributed by atoms with van der Waals surface area (Å²) in [5.74, 6) is 1.11. The molecule has 0 saturated carbocycles. The van der Waals surface area contributed by atoms with Gasteiger partial charge in [0.2, 0.25) is 9.99 Å². The molecule has 0 atom stereocenters. The molecule has 1 aliphatic heterocycles. The third-order valence-electron chi connectivity index (χ3n) is 3.48. The zero-order chi connectivity index (χ0) is 16.9. The summed E-state index contributed by atoms with van der Waals surface area (Å²) in [5, 5.41) is 5.00. The summed E-state index contributed by atoms with van der Waals surface area (Å²) in [6.07, 6.45) is 0. The molecule has 0 bridgehead atoms. The SMILES string of the molecule is Cc1nn2c(S(=O)(=O)Nc3ccc4c(c3)OCCO4)c(C)nc2s1. The lowest BCUT2D eigenvalue weighted by Gasteiger charge is -2.19. The number of aromatic nitrogens is 3. The third kappa shape index (κ3) is 2.47. The monoisotopic (exact) mass is 366 g/mol. The zero-order valence-electron chi connectivity index (χ0n) is 12.9. The van der Waals surface area contributed by atoms with Gasteiger partial charge in [-0.05, 0) is 26.0 Å². The lowest BCUT2D eigenvalue weighted by atomic mass is 10.3. The van der Waals surface area contributed by atoms with E-state index < -0.39 is 10.0 Å². The second-order valence-corrected chi connectivity index (χ2v) is 8.04. The highest BCUT2D eigenvalue weighted by Crippen LogP contribution is 2.33. The Hall–Kier alpha value is -2.33. The first-order valence-corrected chi connectivity index (χ1v) is 9.49. The number of benzene rings is 1. The fourth-order valence-corrected chi connectivity index (χ4v) is 4.71. The first-order chi connectivity index (χ1) is 11.4. The third-order valence-corrected chi connectivity index (χ3v) is 5.78. The van der Waals surface area contributed by atoms with E-state index in [4.69, 9.17) is 9.47 Å². The van der Waals surface area contributed by atoms with Crippen molar-refractivity contribution >= 4 is 32.0 Å². The minimum absolute atomic E-state index is 0.0386. The topological polar surface area (TPSA) is 94.8 Å². The van der Waals surface area contributed by atoms with Gasteiger partial charge in [-0.25, -0.2) is 4.98 Å². The Morgan fingerprint density at radius 1 is 1.21 bits per heavy atom. The van der Waals surface area contributed by atoms with Gasteiger partial charge in [0.1, 0.15) is 18.2 Å². The molecule has 3 aromatic rings. The highest BCUT2D eigenvalue weighted by atomic mass is 32.2. The second kappa shape index (κ2) is 5.35. The number of fused-ring (bicyclic) bond motifs is 2. The van der Waals surface area contributed by atoms with Gasteiger partial charge in [-0.15, -0.1) is 0 Å². The number of hydrogen-bond donors (Lipinski definition) is 1. The number of ether oxygens (including phenoxy) is 2. The first kappa shape index (κ1) is 15.2. The van der Waals surface area contributed by atoms with Gasteiger partial charge in [-0.3, -0.25) is 4.72 Å². The van der Waals surface area contributed by atoms with E-state index in [2.05, 4.69) is 14.8 Å². The molecule has 4 rings (SSSR count). The minimum atomic E-state index is -3.84. The molecule has 1 N–H and O–H groups in total. The highest BCUT2D eigenvalue weighted by Gasteiger charge is 2.26. The molecule has 126 valence electrons. The van der Waals surface area contributed by atoms with Crippen LogP contribution in [0.25, 0.3) is 4.96 Å². The summed E-state index contributed by atoms with van der Waals surface area (Å²) in [7, 11) is -3.84. The van der Waals surface area contributed by atoms with E-state index in [-0.39, 0.29) is 5.03 Å². The van der Waals surface area contributed by atoms with E-state index in [1.54, 1.807) is 32.0 Å². The highest BCUT2D eigenvalue weighted by molar-refractivity contribution is 7.92. The van der Waals surface area contributed by atoms with E-state index in [0.29, 0.717) is 41.1 Å². The second-order valence-electron chi connectivity index (χ2n) is 5.28. The van der Waals surface area contributed by atoms with Crippen LogP contribution in [0.3, 0.4) is 0 Å². The quantitative estimate of drug-likeness (QED) is 0.762. The van der Waals surface area contributed by atoms with Gasteiger partial charge >= 0.3 is 0 Å². The van der Waals surface area contributed by atoms with Crippen molar-refractivity contribution < 1.29 is 17.9 Å². The smallest absolute Gasteiger partial charge is 0.281 e. The van der Waals surface area contributed by atoms with E-state index in [1.807, 2.05) is 0 Å². The van der Waals surface area contributed by atoms with Crippen LogP contribution < -0.4 is 14.2 Å². The molecule has 0 spiro atoms. The van der Waals surface area contributed by atoms with Crippen LogP contribution in [0.15, 0.2) is 23.2 Å². The fraction of sp³-hybridized carbons (Fsp3) is 0.286. The van der Waals surface area contributed by atoms with Crippen LogP contribution in [0.4, 0.5) is 5.69 Å². The molecule has 0 unspecified atom stereocenters. The van der Waals surface area contributed by atoms with Crippen LogP contribution >= 0.6 is 11.3 Å². The Morgan fingerprint density at radius 2 is 1.96 bits per heavy atom. The number of nitrogens with one attached hydrogen (secondary N) is 1. The number of hydrogen-bond acceptors (Lipinski definition) is 7. The molecule has 10 heteroatoms. The maximum Gasteiger partial charge on any atom is 0.281 e. The van der Waals surface area contributed by atoms with Gasteiger partial charge in [0.15, 0.2) is 11.5 Å². The van der Waals surface area contributed by atoms with Crippen LogP contribution in [0.5, 0.6) is 11.5 Å². The average Bonchev–Trinajstić information content (AvgIpc) is 3.00. The Kier molecular flexibility index (Phi) is 3.39. The van der Waals surface area contributed by atoms with E-state index in [9.17, 15) is 8.42 Å². The Morgan fingerprint density at radius 3 is 2.75 bits per heavy atom. The molecular weight excluding hydrogens is 352 g/mol. The number of sulfonamides is 1. The van der Waals surface area contributed by atoms with Gasteiger partial charge in [0.05, 0.1) is 11.4 Å². The Balaban J connectivity index is 1.73. The van der Waals surface area contributed by atoms with Crippen LogP contribution in [-0.4, -0.2) is 36.2 Å². The average molecular weight is 366 g/mol. The molecule has 24 heavy (non-hydrogen) atoms. The molecule has 0 radical (unpaired) electrons. The molecule has 1 aromatic carbocycles. The van der Waals surface area contributed by atoms with E-state index >= 15 is 0 Å². The lowest BCUT2D eigenvalue weighted by Crippen LogP contribution is -2.18. The maximum absolute atomic E-state index is 12.8. The number of aryl methyl sites for hydroxylation is 2. The standard InChI is InChI=1S/C14H14N4O4S2/c1-8-13(18-14(15-8)23-9(2)16-18)24(19,20)17-10-3-4-11-12(7-10)22-6-5-21-11/h3-4,7,17H,5-6H2,1-2H3. The van der Waals surface area contributed by atoms with Crippen molar-refractivity contribution in [3.05, 3.63) is 28.9 Å². The largest absolute Gasteiger partial charge is 0.486 e. The maximum atomic E-state index is 12.8. The molecular formula is C14H14N4O4S2. The zero-order valence-corrected chi connectivity index (χ0v) is 14.6. The van der Waals surface area contributed by atoms with Crippen molar-refractivity contribution in [2.45, 2.75) is 18.9 Å². The molecule has 8 nitrogen and oxygen atoms in total. The van der Waals surface area contributed by atoms with Crippen molar-refractivity contribution in [1.82, 2.24) is 14.6 Å². The summed E-state index contributed by atoms with van der Waals surface area (Å²) < 4.78 is 40.4. The first-order valence-electron chi connectivity index (χ1n) is 7.19. The molecule has 0 saturated heterocycles. The van der Waals surface area contributed by atoms with Gasteiger partial charge in [-0.1, -0.05) is 11.3 Å². The van der Waals surface area contributed by atoms with Gasteiger partial charge < -0.3 is 9.47 Å². The van der Waals surface area contributed by atoms with E-state index in [0.717, 1.165) is 5.01 Å². The summed E-state index contributed by atoms with van der Waals surface area (Å²) in [6.45, 7) is 4.37. The van der Waals surface area contributed by atoms with Gasteiger partial charge in [0.25, 0.3) is 10.0 Å². The number of anilines is 1. The summed E-state index contributed by atoms with van der Waals surface area (Å²) in [5.41, 5.74) is 0.791. The summed E-state index contributed by atoms with van der Waals surface area (Å²) in [4.78, 5) is 4.82. The molecule has 1 aliphatic rings. The minimum Gasteiger partial charge on any atom is -0.486 e. The predicted molar refractivity (Wildman–Crippen MR) is 88.6 cm³/mol. The van der Waals surface area contributed by atoms with E-state index in [1.165, 1.54) is 15.9 Å². The number of imidazole rings is 1. The van der Waals surface area contributed by atoms with Crippen LogP contribution in [0.2, 0.25) is 0 Å². The van der Waals surface area contributed by atoms with Crippen molar-refractivity contribution in [3.63, 3.8) is 0 Å². The summed E-state index contributed by atoms with van der Waals surface area (Å²) >= 11 is 1.34. The Bertz CT molecular complexity index is 1040. The molecule has 3 heterocycles. The molecule has 2 aromatic heterocycles. The normalized spacial score (nSPS) is 14.1. The lowest BCUT2D eigenvalue weighted by molar-refractivity contribution is 0.171. The van der Waals surface area contributed by atoms with Crippen LogP contribution in [0, 0.1) is 13.8 Å². The van der Waals surface area contributed by atoms with Crippen molar-refractivity contribution in [2.24, 2.45) is 0 Å². The van der Waals surface area contributed by atoms with Crippen LogP contribution in [0.1, 0.15) is 10.7 Å². The van der Waals surface area contributed by atoms with Gasteiger partial charge in [0, 0.05) is 6.07 Å². The van der Waals surface area contributed by atoms with Crippen molar-refractivity contribution in [1.29, 1.82) is 0 Å². The number of nitrogens with zero attached hydrogens (tertiary/aromatic N) is 3. The molecule has 0 fully saturated rings. The van der Waals surface area contributed by atoms with Gasteiger partial charge in [-0.2, -0.15) is 18.0 Å². The van der Waals surface area contributed by atoms with Crippen LogP contribution in [-0.2, 0) is 10.0 Å².